The summed E-state index contributed by atoms with van der Waals surface area (Å²) in [5, 5.41) is 11.2. The molecule has 32 heavy (non-hydrogen) atoms. The van der Waals surface area contributed by atoms with Crippen molar-refractivity contribution < 1.29 is 31.9 Å². The van der Waals surface area contributed by atoms with Crippen LogP contribution in [0.25, 0.3) is 0 Å². The Bertz CT molecular complexity index is 1080. The molecule has 0 unspecified atom stereocenters. The number of carboxylic acids is 1. The summed E-state index contributed by atoms with van der Waals surface area (Å²) in [7, 11) is -3.74. The van der Waals surface area contributed by atoms with Gasteiger partial charge in [0, 0.05) is 24.7 Å². The molecule has 0 radical (unpaired) electrons. The van der Waals surface area contributed by atoms with Crippen molar-refractivity contribution in [1.29, 1.82) is 0 Å². The minimum absolute atomic E-state index is 0.0332. The largest absolute Gasteiger partial charge is 0.481 e. The van der Waals surface area contributed by atoms with Crippen molar-refractivity contribution in [1.82, 2.24) is 4.98 Å². The first-order chi connectivity index (χ1) is 15.2. The van der Waals surface area contributed by atoms with E-state index in [1.165, 1.54) is 11.0 Å². The Morgan fingerprint density at radius 3 is 2.59 bits per heavy atom. The van der Waals surface area contributed by atoms with Gasteiger partial charge in [0.15, 0.2) is 26.6 Å². The monoisotopic (exact) mass is 487 g/mol. The van der Waals surface area contributed by atoms with Crippen LogP contribution in [-0.2, 0) is 14.6 Å². The third-order valence-corrected chi connectivity index (χ3v) is 8.45. The molecule has 1 aromatic carbocycles. The van der Waals surface area contributed by atoms with Crippen molar-refractivity contribution in [3.05, 3.63) is 36.0 Å². The van der Waals surface area contributed by atoms with Crippen LogP contribution in [0, 0.1) is 17.6 Å². The van der Waals surface area contributed by atoms with E-state index in [0.29, 0.717) is 6.54 Å². The molecule has 2 N–H and O–H groups in total. The number of rotatable bonds is 9. The third-order valence-electron chi connectivity index (χ3n) is 5.18. The summed E-state index contributed by atoms with van der Waals surface area (Å²) in [5.41, 5.74) is 0.186. The zero-order valence-electron chi connectivity index (χ0n) is 17.1. The Morgan fingerprint density at radius 1 is 1.22 bits per heavy atom. The minimum atomic E-state index is -3.74. The molecular weight excluding hydrogens is 464 g/mol. The van der Waals surface area contributed by atoms with Gasteiger partial charge in [0.2, 0.25) is 0 Å². The molecule has 0 aliphatic heterocycles. The number of amides is 2. The molecule has 2 aromatic rings. The Balaban J connectivity index is 1.74. The molecule has 2 amide bonds. The van der Waals surface area contributed by atoms with E-state index in [-0.39, 0.29) is 39.5 Å². The molecule has 0 saturated heterocycles. The predicted molar refractivity (Wildman–Crippen MR) is 116 cm³/mol. The highest BCUT2D eigenvalue weighted by atomic mass is 32.2. The van der Waals surface area contributed by atoms with Crippen LogP contribution >= 0.6 is 11.3 Å². The second kappa shape index (κ2) is 10.3. The average Bonchev–Trinajstić information content (AvgIpc) is 3.40. The molecule has 0 bridgehead atoms. The number of hydrogen-bond donors (Lipinski definition) is 2. The number of carbonyl (C=O) groups excluding carboxylic acids is 1. The second-order valence-electron chi connectivity index (χ2n) is 7.59. The van der Waals surface area contributed by atoms with E-state index in [9.17, 15) is 26.8 Å². The van der Waals surface area contributed by atoms with Crippen LogP contribution in [0.1, 0.15) is 38.5 Å². The van der Waals surface area contributed by atoms with E-state index in [1.54, 1.807) is 0 Å². The molecule has 0 atom stereocenters. The lowest BCUT2D eigenvalue weighted by Gasteiger charge is -2.25. The molecular formula is C20H23F2N3O5S2. The number of anilines is 2. The molecule has 1 aliphatic rings. The number of benzene rings is 1. The van der Waals surface area contributed by atoms with Crippen molar-refractivity contribution in [2.24, 2.45) is 5.92 Å². The second-order valence-corrected chi connectivity index (χ2v) is 11.0. The van der Waals surface area contributed by atoms with Crippen molar-refractivity contribution in [3.8, 4) is 0 Å². The van der Waals surface area contributed by atoms with E-state index < -0.39 is 33.5 Å². The van der Waals surface area contributed by atoms with Gasteiger partial charge in [-0.2, -0.15) is 0 Å². The summed E-state index contributed by atoms with van der Waals surface area (Å²) in [6.07, 6.45) is 4.71. The van der Waals surface area contributed by atoms with Crippen LogP contribution in [0.5, 0.6) is 0 Å². The van der Waals surface area contributed by atoms with E-state index >= 15 is 0 Å². The van der Waals surface area contributed by atoms with E-state index in [0.717, 1.165) is 55.3 Å². The number of urea groups is 1. The Morgan fingerprint density at radius 2 is 1.94 bits per heavy atom. The number of aromatic nitrogens is 1. The first kappa shape index (κ1) is 24.1. The van der Waals surface area contributed by atoms with E-state index in [1.807, 2.05) is 0 Å². The van der Waals surface area contributed by atoms with Crippen molar-refractivity contribution in [2.75, 3.05) is 22.5 Å². The molecule has 174 valence electrons. The van der Waals surface area contributed by atoms with Crippen LogP contribution in [0.3, 0.4) is 0 Å². The molecule has 8 nitrogen and oxygen atoms in total. The number of aliphatic carboxylic acids is 1. The number of hydrogen-bond acceptors (Lipinski definition) is 6. The van der Waals surface area contributed by atoms with Gasteiger partial charge >= 0.3 is 12.0 Å². The molecule has 1 heterocycles. The van der Waals surface area contributed by atoms with Gasteiger partial charge in [0.05, 0.1) is 11.9 Å². The average molecular weight is 488 g/mol. The van der Waals surface area contributed by atoms with Gasteiger partial charge in [-0.25, -0.2) is 27.0 Å². The van der Waals surface area contributed by atoms with E-state index in [4.69, 9.17) is 5.11 Å². The molecule has 1 fully saturated rings. The summed E-state index contributed by atoms with van der Waals surface area (Å²) < 4.78 is 51.8. The van der Waals surface area contributed by atoms with Crippen molar-refractivity contribution in [3.63, 3.8) is 0 Å². The minimum Gasteiger partial charge on any atom is -0.481 e. The first-order valence-corrected chi connectivity index (χ1v) is 12.6. The number of halogens is 2. The fraction of sp³-hybridized carbons (Fsp3) is 0.450. The van der Waals surface area contributed by atoms with Gasteiger partial charge < -0.3 is 5.11 Å². The smallest absolute Gasteiger partial charge is 0.328 e. The fourth-order valence-electron chi connectivity index (χ4n) is 3.54. The van der Waals surface area contributed by atoms with Crippen LogP contribution < -0.4 is 10.2 Å². The van der Waals surface area contributed by atoms with Gasteiger partial charge in [-0.3, -0.25) is 15.0 Å². The topological polar surface area (TPSA) is 117 Å². The summed E-state index contributed by atoms with van der Waals surface area (Å²) in [5.74, 6) is -3.31. The lowest BCUT2D eigenvalue weighted by Crippen LogP contribution is -2.38. The number of nitrogens with zero attached hydrogens (tertiary/aromatic N) is 2. The highest BCUT2D eigenvalue weighted by Gasteiger charge is 2.26. The Labute approximate surface area is 188 Å². The standard InChI is InChI=1S/C20H23F2N3O5S2/c21-15-8-7-14(10-16(15)22)25(12-13-4-1-2-5-13)20(28)24-19-23-11-18(31-19)32(29,30)9-3-6-17(26)27/h7-8,10-11,13H,1-6,9,12H2,(H,26,27)(H,23,24,28). The molecule has 1 saturated carbocycles. The summed E-state index contributed by atoms with van der Waals surface area (Å²) in [6.45, 7) is 0.308. The SMILES string of the molecule is O=C(O)CCCS(=O)(=O)c1cnc(NC(=O)N(CC2CCCC2)c2ccc(F)c(F)c2)s1. The van der Waals surface area contributed by atoms with E-state index in [2.05, 4.69) is 10.3 Å². The fourth-order valence-corrected chi connectivity index (χ4v) is 6.02. The van der Waals surface area contributed by atoms with Gasteiger partial charge in [0.25, 0.3) is 0 Å². The predicted octanol–water partition coefficient (Wildman–Crippen LogP) is 4.29. The first-order valence-electron chi connectivity index (χ1n) is 10.1. The number of carboxylic acid groups (broad SMARTS) is 1. The maximum atomic E-state index is 13.8. The zero-order valence-corrected chi connectivity index (χ0v) is 18.7. The summed E-state index contributed by atoms with van der Waals surface area (Å²) >= 11 is 0.749. The molecule has 1 aliphatic carbocycles. The van der Waals surface area contributed by atoms with Gasteiger partial charge in [-0.15, -0.1) is 0 Å². The van der Waals surface area contributed by atoms with Crippen LogP contribution in [0.4, 0.5) is 24.4 Å². The molecule has 0 spiro atoms. The Kier molecular flexibility index (Phi) is 7.77. The Hall–Kier alpha value is -2.60. The van der Waals surface area contributed by atoms with Gasteiger partial charge in [-0.1, -0.05) is 24.2 Å². The number of sulfone groups is 1. The van der Waals surface area contributed by atoms with Crippen molar-refractivity contribution in [2.45, 2.75) is 42.7 Å². The number of nitrogens with one attached hydrogen (secondary N) is 1. The molecule has 12 heteroatoms. The number of carbonyl (C=O) groups is 2. The highest BCUT2D eigenvalue weighted by molar-refractivity contribution is 7.93. The lowest BCUT2D eigenvalue weighted by atomic mass is 10.1. The number of thiazole rings is 1. The maximum Gasteiger partial charge on any atom is 0.328 e. The quantitative estimate of drug-likeness (QED) is 0.545. The molecule has 3 rings (SSSR count). The van der Waals surface area contributed by atoms with Crippen LogP contribution in [-0.4, -0.2) is 42.8 Å². The van der Waals surface area contributed by atoms with Crippen molar-refractivity contribution >= 4 is 44.0 Å². The summed E-state index contributed by atoms with van der Waals surface area (Å²) in [6, 6.07) is 2.58. The zero-order chi connectivity index (χ0) is 23.3. The lowest BCUT2D eigenvalue weighted by molar-refractivity contribution is -0.137. The third kappa shape index (κ3) is 6.22. The van der Waals surface area contributed by atoms with Gasteiger partial charge in [0.1, 0.15) is 4.21 Å². The maximum absolute atomic E-state index is 13.8. The normalized spacial score (nSPS) is 14.4. The summed E-state index contributed by atoms with van der Waals surface area (Å²) in [4.78, 5) is 28.8. The van der Waals surface area contributed by atoms with Crippen LogP contribution in [0.2, 0.25) is 0 Å². The van der Waals surface area contributed by atoms with Gasteiger partial charge in [-0.05, 0) is 37.3 Å². The van der Waals surface area contributed by atoms with Crippen LogP contribution in [0.15, 0.2) is 28.6 Å². The molecule has 1 aromatic heterocycles. The highest BCUT2D eigenvalue weighted by Crippen LogP contribution is 2.30.